The van der Waals surface area contributed by atoms with Crippen molar-refractivity contribution in [2.45, 2.75) is 12.7 Å². The molecule has 0 amide bonds. The van der Waals surface area contributed by atoms with Crippen molar-refractivity contribution in [3.8, 4) is 5.75 Å². The van der Waals surface area contributed by atoms with E-state index in [4.69, 9.17) is 4.74 Å². The molecule has 1 aliphatic rings. The molecule has 92 valence electrons. The highest BCUT2D eigenvalue weighted by Gasteiger charge is 2.17. The maximum atomic E-state index is 5.17. The second-order valence-corrected chi connectivity index (χ2v) is 4.39. The highest BCUT2D eigenvalue weighted by atomic mass is 16.5. The van der Waals surface area contributed by atoms with Gasteiger partial charge in [-0.3, -0.25) is 5.32 Å². The van der Waals surface area contributed by atoms with Gasteiger partial charge in [0.15, 0.2) is 0 Å². The fourth-order valence-corrected chi connectivity index (χ4v) is 2.23. The van der Waals surface area contributed by atoms with E-state index in [1.807, 2.05) is 12.1 Å². The summed E-state index contributed by atoms with van der Waals surface area (Å²) in [6, 6.07) is 16.5. The number of ether oxygens (including phenoxy) is 1. The first-order valence-corrected chi connectivity index (χ1v) is 6.08. The van der Waals surface area contributed by atoms with Crippen molar-refractivity contribution in [3.63, 3.8) is 0 Å². The Labute approximate surface area is 107 Å². The number of hydrogen-bond donors (Lipinski definition) is 2. The second kappa shape index (κ2) is 4.70. The first kappa shape index (κ1) is 11.1. The van der Waals surface area contributed by atoms with Crippen molar-refractivity contribution in [3.05, 3.63) is 59.7 Å². The first-order valence-electron chi connectivity index (χ1n) is 6.08. The van der Waals surface area contributed by atoms with Gasteiger partial charge in [-0.2, -0.15) is 0 Å². The molecule has 1 atom stereocenters. The Morgan fingerprint density at radius 2 is 1.83 bits per heavy atom. The van der Waals surface area contributed by atoms with Gasteiger partial charge in [-0.15, -0.1) is 0 Å². The summed E-state index contributed by atoms with van der Waals surface area (Å²) in [6.07, 6.45) is 0.158. The summed E-state index contributed by atoms with van der Waals surface area (Å²) in [4.78, 5) is 0. The molecule has 0 spiro atoms. The lowest BCUT2D eigenvalue weighted by molar-refractivity contribution is 0.414. The predicted molar refractivity (Wildman–Crippen MR) is 72.6 cm³/mol. The van der Waals surface area contributed by atoms with Crippen molar-refractivity contribution < 1.29 is 4.74 Å². The van der Waals surface area contributed by atoms with Gasteiger partial charge in [-0.05, 0) is 29.3 Å². The van der Waals surface area contributed by atoms with E-state index in [2.05, 4.69) is 47.0 Å². The van der Waals surface area contributed by atoms with Crippen LogP contribution in [0.3, 0.4) is 0 Å². The Morgan fingerprint density at radius 3 is 2.61 bits per heavy atom. The highest BCUT2D eigenvalue weighted by molar-refractivity contribution is 5.54. The monoisotopic (exact) mass is 240 g/mol. The molecule has 1 aliphatic heterocycles. The zero-order valence-corrected chi connectivity index (χ0v) is 10.3. The number of rotatable bonds is 2. The molecule has 18 heavy (non-hydrogen) atoms. The smallest absolute Gasteiger partial charge is 0.118 e. The van der Waals surface area contributed by atoms with Gasteiger partial charge in [0.2, 0.25) is 0 Å². The predicted octanol–water partition coefficient (Wildman–Crippen LogP) is 2.91. The number of nitrogens with one attached hydrogen (secondary N) is 2. The summed E-state index contributed by atoms with van der Waals surface area (Å²) in [5.74, 6) is 0.884. The number of methoxy groups -OCH3 is 1. The molecule has 2 aromatic rings. The largest absolute Gasteiger partial charge is 0.497 e. The van der Waals surface area contributed by atoms with Crippen molar-refractivity contribution in [1.82, 2.24) is 5.32 Å². The molecule has 2 N–H and O–H groups in total. The third-order valence-electron chi connectivity index (χ3n) is 3.26. The molecule has 0 aliphatic carbocycles. The van der Waals surface area contributed by atoms with Crippen LogP contribution in [0.15, 0.2) is 48.5 Å². The minimum absolute atomic E-state index is 0.158. The SMILES string of the molecule is COc1ccc([C@@H]2NCc3ccccc3N2)cc1. The minimum Gasteiger partial charge on any atom is -0.497 e. The molecule has 1 heterocycles. The summed E-state index contributed by atoms with van der Waals surface area (Å²) in [6.45, 7) is 0.889. The third-order valence-corrected chi connectivity index (χ3v) is 3.26. The molecule has 0 fully saturated rings. The van der Waals surface area contributed by atoms with Crippen molar-refractivity contribution in [2.24, 2.45) is 0 Å². The number of benzene rings is 2. The zero-order valence-electron chi connectivity index (χ0n) is 10.3. The Hall–Kier alpha value is -2.00. The summed E-state index contributed by atoms with van der Waals surface area (Å²) < 4.78 is 5.17. The van der Waals surface area contributed by atoms with E-state index in [-0.39, 0.29) is 6.17 Å². The van der Waals surface area contributed by atoms with Crippen molar-refractivity contribution in [1.29, 1.82) is 0 Å². The van der Waals surface area contributed by atoms with Crippen molar-refractivity contribution in [2.75, 3.05) is 12.4 Å². The number of fused-ring (bicyclic) bond motifs is 1. The van der Waals surface area contributed by atoms with E-state index in [9.17, 15) is 0 Å². The topological polar surface area (TPSA) is 33.3 Å². The van der Waals surface area contributed by atoms with E-state index < -0.39 is 0 Å². The number of para-hydroxylation sites is 1. The second-order valence-electron chi connectivity index (χ2n) is 4.39. The Bertz CT molecular complexity index is 536. The third kappa shape index (κ3) is 2.05. The van der Waals surface area contributed by atoms with Crippen LogP contribution in [0.1, 0.15) is 17.3 Å². The Balaban J connectivity index is 1.82. The van der Waals surface area contributed by atoms with Gasteiger partial charge in [-0.25, -0.2) is 0 Å². The lowest BCUT2D eigenvalue weighted by Crippen LogP contribution is -2.32. The van der Waals surface area contributed by atoms with Crippen LogP contribution in [0.4, 0.5) is 5.69 Å². The van der Waals surface area contributed by atoms with E-state index in [0.29, 0.717) is 0 Å². The molecule has 0 unspecified atom stereocenters. The molecule has 0 aromatic heterocycles. The van der Waals surface area contributed by atoms with Crippen LogP contribution >= 0.6 is 0 Å². The van der Waals surface area contributed by atoms with E-state index in [1.165, 1.54) is 16.8 Å². The molecule has 2 aromatic carbocycles. The highest BCUT2D eigenvalue weighted by Crippen LogP contribution is 2.26. The normalized spacial score (nSPS) is 17.7. The molecule has 3 rings (SSSR count). The molecular weight excluding hydrogens is 224 g/mol. The van der Waals surface area contributed by atoms with E-state index in [1.54, 1.807) is 7.11 Å². The fourth-order valence-electron chi connectivity index (χ4n) is 2.23. The molecular formula is C15H16N2O. The zero-order chi connectivity index (χ0) is 12.4. The van der Waals surface area contributed by atoms with Gasteiger partial charge in [0, 0.05) is 12.2 Å². The van der Waals surface area contributed by atoms with E-state index >= 15 is 0 Å². The van der Waals surface area contributed by atoms with E-state index in [0.717, 1.165) is 12.3 Å². The van der Waals surface area contributed by atoms with Crippen LogP contribution in [-0.4, -0.2) is 7.11 Å². The first-order chi connectivity index (χ1) is 8.86. The standard InChI is InChI=1S/C15H16N2O/c1-18-13-8-6-11(7-9-13)15-16-10-12-4-2-3-5-14(12)17-15/h2-9,15-17H,10H2,1H3/t15-/m1/s1. The average molecular weight is 240 g/mol. The molecule has 0 radical (unpaired) electrons. The number of hydrogen-bond acceptors (Lipinski definition) is 3. The molecule has 0 bridgehead atoms. The van der Waals surface area contributed by atoms with Crippen LogP contribution in [0, 0.1) is 0 Å². The lowest BCUT2D eigenvalue weighted by atomic mass is 10.1. The maximum absolute atomic E-state index is 5.17. The molecule has 0 saturated carbocycles. The average Bonchev–Trinajstić information content (AvgIpc) is 2.47. The van der Waals surface area contributed by atoms with Crippen LogP contribution in [0.2, 0.25) is 0 Å². The van der Waals surface area contributed by atoms with Gasteiger partial charge in [0.1, 0.15) is 11.9 Å². The van der Waals surface area contributed by atoms with Gasteiger partial charge < -0.3 is 10.1 Å². The van der Waals surface area contributed by atoms with Gasteiger partial charge in [-0.1, -0.05) is 30.3 Å². The van der Waals surface area contributed by atoms with Crippen LogP contribution < -0.4 is 15.4 Å². The summed E-state index contributed by atoms with van der Waals surface area (Å²) >= 11 is 0. The maximum Gasteiger partial charge on any atom is 0.118 e. The minimum atomic E-state index is 0.158. The quantitative estimate of drug-likeness (QED) is 0.846. The summed E-state index contributed by atoms with van der Waals surface area (Å²) in [7, 11) is 1.68. The Kier molecular flexibility index (Phi) is 2.90. The summed E-state index contributed by atoms with van der Waals surface area (Å²) in [5.41, 5.74) is 3.73. The van der Waals surface area contributed by atoms with Gasteiger partial charge >= 0.3 is 0 Å². The van der Waals surface area contributed by atoms with Crippen LogP contribution in [0.25, 0.3) is 0 Å². The molecule has 3 heteroatoms. The molecule has 3 nitrogen and oxygen atoms in total. The van der Waals surface area contributed by atoms with Crippen LogP contribution in [0.5, 0.6) is 5.75 Å². The van der Waals surface area contributed by atoms with Crippen LogP contribution in [-0.2, 0) is 6.54 Å². The van der Waals surface area contributed by atoms with Gasteiger partial charge in [0.05, 0.1) is 7.11 Å². The molecule has 0 saturated heterocycles. The fraction of sp³-hybridized carbons (Fsp3) is 0.200. The summed E-state index contributed by atoms with van der Waals surface area (Å²) in [5, 5.41) is 6.98. The van der Waals surface area contributed by atoms with Gasteiger partial charge in [0.25, 0.3) is 0 Å². The lowest BCUT2D eigenvalue weighted by Gasteiger charge is -2.28. The van der Waals surface area contributed by atoms with Crippen molar-refractivity contribution >= 4 is 5.69 Å². The Morgan fingerprint density at radius 1 is 1.06 bits per heavy atom. The number of anilines is 1.